The van der Waals surface area contributed by atoms with Crippen molar-refractivity contribution in [2.24, 2.45) is 0 Å². The van der Waals surface area contributed by atoms with Gasteiger partial charge in [-0.15, -0.1) is 0 Å². The van der Waals surface area contributed by atoms with Crippen molar-refractivity contribution in [1.82, 2.24) is 0 Å². The number of esters is 24. The predicted octanol–water partition coefficient (Wildman–Crippen LogP) is 9.16. The molecule has 0 saturated carbocycles. The molecule has 12 heterocycles. The Hall–Kier alpha value is -22.9. The number of benzene rings is 12. The second-order valence-corrected chi connectivity index (χ2v) is 31.8. The first-order valence-corrected chi connectivity index (χ1v) is 40.6. The van der Waals surface area contributed by atoms with Crippen molar-refractivity contribution in [1.29, 1.82) is 57.9 Å². The van der Waals surface area contributed by atoms with Crippen LogP contribution in [0.2, 0.25) is 0 Å². The number of nitrogens with zero attached hydrogens (tertiary/aromatic N) is 11. The highest BCUT2D eigenvalue weighted by Crippen LogP contribution is 2.51. The van der Waals surface area contributed by atoms with Gasteiger partial charge in [-0.2, -0.15) is 57.9 Å². The fourth-order valence-electron chi connectivity index (χ4n) is 17.8. The fourth-order valence-corrected chi connectivity index (χ4v) is 18.9. The minimum Gasteiger partial charge on any atom is -0.386 e. The van der Waals surface area contributed by atoms with E-state index in [-0.39, 0.29) is 190 Å². The molecular formula is C95H9Br2F2N11O36. The number of halogens is 4. The van der Waals surface area contributed by atoms with Crippen molar-refractivity contribution < 1.29 is 181 Å². The van der Waals surface area contributed by atoms with Crippen LogP contribution in [0.4, 0.5) is 8.78 Å². The largest absolute Gasteiger partial charge is 0.386 e. The van der Waals surface area contributed by atoms with E-state index in [1.165, 1.54) is 12.1 Å². The van der Waals surface area contributed by atoms with Gasteiger partial charge in [-0.25, -0.2) is 124 Å². The van der Waals surface area contributed by atoms with Gasteiger partial charge in [0, 0.05) is 73.6 Å². The number of rotatable bonds is 0. The van der Waals surface area contributed by atoms with Gasteiger partial charge in [0.2, 0.25) is 0 Å². The van der Waals surface area contributed by atoms with Gasteiger partial charge >= 0.3 is 143 Å². The first-order valence-electron chi connectivity index (χ1n) is 39.0. The molecule has 146 heavy (non-hydrogen) atoms. The predicted molar refractivity (Wildman–Crippen MR) is 448 cm³/mol. The quantitative estimate of drug-likeness (QED) is 0.0775. The molecule has 0 fully saturated rings. The lowest BCUT2D eigenvalue weighted by Gasteiger charge is -2.25. The van der Waals surface area contributed by atoms with Gasteiger partial charge in [-0.3, -0.25) is 0 Å². The molecule has 0 aliphatic carbocycles. The summed E-state index contributed by atoms with van der Waals surface area (Å²) in [6.45, 7) is 0. The van der Waals surface area contributed by atoms with Crippen LogP contribution in [0.3, 0.4) is 0 Å². The maximum Gasteiger partial charge on any atom is 0.349 e. The lowest BCUT2D eigenvalue weighted by Crippen LogP contribution is -2.29. The maximum absolute atomic E-state index is 14.1. The zero-order chi connectivity index (χ0) is 105. The second-order valence-electron chi connectivity index (χ2n) is 30.2. The van der Waals surface area contributed by atoms with Crippen molar-refractivity contribution in [3.05, 3.63) is 270 Å². The van der Waals surface area contributed by atoms with Gasteiger partial charge in [-0.1, -0.05) is 0 Å². The third-order valence-corrected chi connectivity index (χ3v) is 25.5. The Kier molecular flexibility index (Phi) is 20.6. The molecule has 12 aliphatic heterocycles. The maximum atomic E-state index is 14.1. The lowest BCUT2D eigenvalue weighted by molar-refractivity contribution is 0.0359. The standard InChI is InChI=1S/C18N4O6.C17HN3O6.2C16H2N2O6.C14H2Br2O6.C14H2F2O6/c19-1-5-6(2-20)10-14-12(18(26)28-16(10)24)8(4-22)7(3-21)11-13(14)9(5)15(23)27-17(11)25;18-2-5-1-6-10-11(16(23)25-14(6)21)7(3-19)8(4-20)12-13(10)9(5)15(22)26-17(12)24;17-3-5-1-7-11-10(16(22)23-13(7)19)6(4-18)2-8-12(11)9(5)15(21)24-14(8)20;17-3-5-1-7-11-8(14(20)23-13(7)19)2-6(4-18)10-12(11)9(5)15(21)24-16(10)22;2*15-9-7-5-3(11(17)21-13(7)19)1-2-4-6(5)8(10(9)16)14(20)22-12(4)18/h;1H;2*1-2H;2*1-2H. The lowest BCUT2D eigenvalue weighted by atomic mass is 9.80. The SMILES string of the molecule is N#Cc1c(C#N)c2c3c(c(C#N)c(C#N)c4c3c1C(=O)OC4=O)C(=O)OC2=O.N#Cc1cc2c3c(c(C#N)c(C#N)c4c3c1C(=O)OC4=O)C(=O)OC2=O.N#Cc1cc2c3c(c(C#N)cc4c3c1C(=O)OC4=O)C(=O)OC2=O.N#Cc1cc2c3c(cc(C#N)c4c3c1C(=O)OC4=O)C(=O)OC2=O.O=C1OC(=O)c2c(Br)c(Br)c3c4c(ccc1c24)C(=O)OC3=O.O=C1OC(=O)c2c(F)c(F)c3c4c(ccc1c24)C(=O)OC3=O. The molecule has 0 N–H and O–H groups in total. The van der Waals surface area contributed by atoms with E-state index in [2.05, 4.69) is 79.2 Å². The average Bonchev–Trinajstić information content (AvgIpc) is 0.685. The Labute approximate surface area is 810 Å². The molecule has 0 atom stereocenters. The molecule has 51 heteroatoms. The summed E-state index contributed by atoms with van der Waals surface area (Å²) in [5.74, 6) is -29.7. The van der Waals surface area contributed by atoms with Crippen LogP contribution in [0.1, 0.15) is 310 Å². The van der Waals surface area contributed by atoms with Crippen molar-refractivity contribution in [2.45, 2.75) is 0 Å². The smallest absolute Gasteiger partial charge is 0.349 e. The zero-order valence-electron chi connectivity index (χ0n) is 69.3. The molecule has 688 valence electrons. The zero-order valence-corrected chi connectivity index (χ0v) is 72.5. The van der Waals surface area contributed by atoms with E-state index in [0.717, 1.165) is 42.5 Å². The summed E-state index contributed by atoms with van der Waals surface area (Å²) in [4.78, 5) is 289. The molecular weight excluding hydrogens is 2070 g/mol. The van der Waals surface area contributed by atoms with Gasteiger partial charge in [0.05, 0.1) is 184 Å². The number of nitriles is 11. The van der Waals surface area contributed by atoms with E-state index in [9.17, 15) is 182 Å². The molecule has 0 bridgehead atoms. The van der Waals surface area contributed by atoms with E-state index in [0.29, 0.717) is 0 Å². The summed E-state index contributed by atoms with van der Waals surface area (Å²) in [5.41, 5.74) is -11.3. The highest BCUT2D eigenvalue weighted by molar-refractivity contribution is 9.13. The van der Waals surface area contributed by atoms with E-state index in [1.807, 2.05) is 0 Å². The summed E-state index contributed by atoms with van der Waals surface area (Å²) in [6, 6.07) is 28.8. The molecule has 12 aromatic carbocycles. The van der Waals surface area contributed by atoms with Crippen molar-refractivity contribution in [2.75, 3.05) is 0 Å². The van der Waals surface area contributed by atoms with E-state index >= 15 is 0 Å². The minimum atomic E-state index is -1.63. The van der Waals surface area contributed by atoms with Gasteiger partial charge in [0.25, 0.3) is 0 Å². The summed E-state index contributed by atoms with van der Waals surface area (Å²) >= 11 is 6.44. The molecule has 0 unspecified atom stereocenters. The van der Waals surface area contributed by atoms with Crippen molar-refractivity contribution in [3.8, 4) is 66.8 Å². The van der Waals surface area contributed by atoms with Gasteiger partial charge in [0.1, 0.15) is 77.9 Å². The van der Waals surface area contributed by atoms with Gasteiger partial charge in [0.15, 0.2) is 11.6 Å². The topological polar surface area (TPSA) is 782 Å². The van der Waals surface area contributed by atoms with Crippen LogP contribution in [0, 0.1) is 136 Å². The molecule has 0 saturated heterocycles. The minimum absolute atomic E-state index is 0.00394. The molecule has 12 aliphatic rings. The number of hydrogen-bond donors (Lipinski definition) is 0. The second kappa shape index (κ2) is 32.7. The average molecular weight is 2080 g/mol. The van der Waals surface area contributed by atoms with Crippen molar-refractivity contribution in [3.63, 3.8) is 0 Å². The number of cyclic esters (lactones) is 24. The third kappa shape index (κ3) is 12.5. The Morgan fingerprint density at radius 3 is 0.521 bits per heavy atom. The van der Waals surface area contributed by atoms with E-state index in [4.69, 9.17) is 9.47 Å². The van der Waals surface area contributed by atoms with Crippen LogP contribution >= 0.6 is 31.9 Å². The number of carbonyl (C=O) groups is 24. The Bertz CT molecular complexity index is 9110. The Morgan fingerprint density at radius 1 is 0.164 bits per heavy atom. The number of ether oxygens (including phenoxy) is 12. The summed E-state index contributed by atoms with van der Waals surface area (Å²) in [5, 5.41) is 101. The molecule has 0 amide bonds. The van der Waals surface area contributed by atoms with Crippen LogP contribution in [0.15, 0.2) is 63.5 Å². The third-order valence-electron chi connectivity index (χ3n) is 23.3. The fraction of sp³-hybridized carbons (Fsp3) is 0. The summed E-state index contributed by atoms with van der Waals surface area (Å²) < 4.78 is 83.5. The monoisotopic (exact) mass is 2070 g/mol. The first-order chi connectivity index (χ1) is 69.6. The van der Waals surface area contributed by atoms with Crippen LogP contribution in [0.25, 0.3) is 64.6 Å². The van der Waals surface area contributed by atoms with Gasteiger partial charge in [-0.05, 0) is 86.5 Å². The van der Waals surface area contributed by atoms with Crippen LogP contribution in [0.5, 0.6) is 0 Å². The molecule has 12 aromatic rings. The van der Waals surface area contributed by atoms with Gasteiger partial charge < -0.3 is 56.8 Å². The molecule has 0 aromatic heterocycles. The molecule has 47 nitrogen and oxygen atoms in total. The number of carbonyl (C=O) groups excluding carboxylic acids is 24. The molecule has 0 radical (unpaired) electrons. The highest BCUT2D eigenvalue weighted by Gasteiger charge is 2.50. The van der Waals surface area contributed by atoms with Crippen LogP contribution in [-0.4, -0.2) is 143 Å². The highest BCUT2D eigenvalue weighted by atomic mass is 79.9. The summed E-state index contributed by atoms with van der Waals surface area (Å²) in [7, 11) is 0. The molecule has 0 spiro atoms. The van der Waals surface area contributed by atoms with E-state index in [1.54, 1.807) is 66.8 Å². The van der Waals surface area contributed by atoms with Crippen molar-refractivity contribution >= 4 is 240 Å². The van der Waals surface area contributed by atoms with Crippen LogP contribution in [-0.2, 0) is 56.8 Å². The van der Waals surface area contributed by atoms with E-state index < -0.39 is 233 Å². The molecule has 24 rings (SSSR count). The Morgan fingerprint density at radius 2 is 0.301 bits per heavy atom. The Balaban J connectivity index is 0.000000111. The normalized spacial score (nSPS) is 14.8. The van der Waals surface area contributed by atoms with Crippen LogP contribution < -0.4 is 0 Å². The summed E-state index contributed by atoms with van der Waals surface area (Å²) in [6.07, 6.45) is 0. The number of hydrogen-bond acceptors (Lipinski definition) is 47. The first kappa shape index (κ1) is 92.2.